The van der Waals surface area contributed by atoms with Gasteiger partial charge in [0.2, 0.25) is 5.91 Å². The maximum atomic E-state index is 11.1. The third-order valence-electron chi connectivity index (χ3n) is 3.82. The van der Waals surface area contributed by atoms with Crippen LogP contribution in [0.3, 0.4) is 0 Å². The van der Waals surface area contributed by atoms with Crippen LogP contribution in [0.2, 0.25) is 0 Å². The Kier molecular flexibility index (Phi) is 4.96. The Bertz CT molecular complexity index is 401. The van der Waals surface area contributed by atoms with Crippen molar-refractivity contribution in [2.24, 2.45) is 0 Å². The zero-order chi connectivity index (χ0) is 13.7. The number of amides is 1. The summed E-state index contributed by atoms with van der Waals surface area (Å²) in [5, 5.41) is 11.0. The minimum atomic E-state index is 0.163. The Balaban J connectivity index is 1.81. The predicted octanol–water partition coefficient (Wildman–Crippen LogP) is 1.61. The van der Waals surface area contributed by atoms with Crippen LogP contribution in [-0.4, -0.2) is 28.3 Å². The number of carbonyl (C=O) groups excluding carboxylic acids is 1. The average molecular weight is 264 g/mol. The van der Waals surface area contributed by atoms with Crippen LogP contribution in [0.25, 0.3) is 0 Å². The second kappa shape index (κ2) is 6.70. The van der Waals surface area contributed by atoms with Crippen molar-refractivity contribution in [3.8, 4) is 0 Å². The minimum Gasteiger partial charge on any atom is -0.355 e. The molecule has 1 aliphatic heterocycles. The van der Waals surface area contributed by atoms with E-state index in [1.165, 1.54) is 0 Å². The normalized spacial score (nSPS) is 19.7. The molecule has 0 bridgehead atoms. The van der Waals surface area contributed by atoms with Crippen LogP contribution in [-0.2, 0) is 11.3 Å². The van der Waals surface area contributed by atoms with E-state index in [-0.39, 0.29) is 5.91 Å². The summed E-state index contributed by atoms with van der Waals surface area (Å²) in [6.07, 6.45) is 5.83. The maximum Gasteiger partial charge on any atom is 0.220 e. The summed E-state index contributed by atoms with van der Waals surface area (Å²) in [6, 6.07) is 2.95. The van der Waals surface area contributed by atoms with Gasteiger partial charge in [0.05, 0.1) is 11.7 Å². The van der Waals surface area contributed by atoms with E-state index in [1.807, 2.05) is 0 Å². The van der Waals surface area contributed by atoms with Gasteiger partial charge in [0, 0.05) is 31.7 Å². The van der Waals surface area contributed by atoms with Crippen molar-refractivity contribution >= 4 is 5.91 Å². The first-order chi connectivity index (χ1) is 9.22. The molecule has 0 radical (unpaired) electrons. The van der Waals surface area contributed by atoms with E-state index in [1.54, 1.807) is 0 Å². The van der Waals surface area contributed by atoms with Crippen molar-refractivity contribution in [3.05, 3.63) is 18.0 Å². The highest BCUT2D eigenvalue weighted by atomic mass is 16.1. The standard InChI is InChI=1S/C14H24N4O/c1-3-13(4-2)18-8-7-12(17-18)10-15-11-5-6-14(19)16-9-11/h7-8,11,13,15H,3-6,9-10H2,1-2H3,(H,16,19). The molecule has 106 valence electrons. The van der Waals surface area contributed by atoms with Gasteiger partial charge in [0.1, 0.15) is 0 Å². The number of hydrogen-bond donors (Lipinski definition) is 2. The van der Waals surface area contributed by atoms with Crippen LogP contribution in [0.5, 0.6) is 0 Å². The van der Waals surface area contributed by atoms with Crippen LogP contribution in [0.15, 0.2) is 12.3 Å². The number of piperidine rings is 1. The first kappa shape index (κ1) is 14.1. The molecule has 1 atom stereocenters. The van der Waals surface area contributed by atoms with Gasteiger partial charge in [0.25, 0.3) is 0 Å². The smallest absolute Gasteiger partial charge is 0.220 e. The summed E-state index contributed by atoms with van der Waals surface area (Å²) in [5.74, 6) is 0.163. The molecular weight excluding hydrogens is 240 g/mol. The maximum absolute atomic E-state index is 11.1. The molecule has 1 aliphatic rings. The second-order valence-electron chi connectivity index (χ2n) is 5.18. The van der Waals surface area contributed by atoms with Gasteiger partial charge in [-0.3, -0.25) is 9.48 Å². The lowest BCUT2D eigenvalue weighted by atomic mass is 10.1. The zero-order valence-corrected chi connectivity index (χ0v) is 11.9. The number of nitrogens with zero attached hydrogens (tertiary/aromatic N) is 2. The van der Waals surface area contributed by atoms with E-state index in [9.17, 15) is 4.79 Å². The van der Waals surface area contributed by atoms with Gasteiger partial charge >= 0.3 is 0 Å². The monoisotopic (exact) mass is 264 g/mol. The lowest BCUT2D eigenvalue weighted by Crippen LogP contribution is -2.45. The Labute approximate surface area is 114 Å². The van der Waals surface area contributed by atoms with Crippen molar-refractivity contribution in [2.45, 2.75) is 58.2 Å². The third kappa shape index (κ3) is 3.80. The van der Waals surface area contributed by atoms with Gasteiger partial charge in [-0.15, -0.1) is 0 Å². The number of carbonyl (C=O) groups is 1. The van der Waals surface area contributed by atoms with E-state index in [0.29, 0.717) is 18.5 Å². The fourth-order valence-corrected chi connectivity index (χ4v) is 2.49. The average Bonchev–Trinajstić information content (AvgIpc) is 2.88. The Hall–Kier alpha value is -1.36. The van der Waals surface area contributed by atoms with Crippen molar-refractivity contribution in [3.63, 3.8) is 0 Å². The lowest BCUT2D eigenvalue weighted by molar-refractivity contribution is -0.122. The Morgan fingerprint density at radius 2 is 2.32 bits per heavy atom. The molecule has 1 amide bonds. The van der Waals surface area contributed by atoms with Gasteiger partial charge in [-0.05, 0) is 25.3 Å². The molecule has 0 aliphatic carbocycles. The number of nitrogens with one attached hydrogen (secondary N) is 2. The molecular formula is C14H24N4O. The fourth-order valence-electron chi connectivity index (χ4n) is 2.49. The molecule has 1 unspecified atom stereocenters. The summed E-state index contributed by atoms with van der Waals surface area (Å²) in [6.45, 7) is 5.89. The topological polar surface area (TPSA) is 59.0 Å². The summed E-state index contributed by atoms with van der Waals surface area (Å²) in [4.78, 5) is 11.1. The largest absolute Gasteiger partial charge is 0.355 e. The number of aromatic nitrogens is 2. The molecule has 1 fully saturated rings. The van der Waals surface area contributed by atoms with Crippen molar-refractivity contribution < 1.29 is 4.79 Å². The minimum absolute atomic E-state index is 0.163. The first-order valence-corrected chi connectivity index (χ1v) is 7.27. The quantitative estimate of drug-likeness (QED) is 0.820. The van der Waals surface area contributed by atoms with Crippen LogP contribution >= 0.6 is 0 Å². The lowest BCUT2D eigenvalue weighted by Gasteiger charge is -2.23. The molecule has 0 aromatic carbocycles. The molecule has 1 saturated heterocycles. The SMILES string of the molecule is CCC(CC)n1ccc(CNC2CCC(=O)NC2)n1. The molecule has 0 spiro atoms. The molecule has 1 aromatic heterocycles. The van der Waals surface area contributed by atoms with E-state index in [0.717, 1.165) is 38.0 Å². The van der Waals surface area contributed by atoms with Crippen LogP contribution < -0.4 is 10.6 Å². The van der Waals surface area contributed by atoms with Crippen molar-refractivity contribution in [2.75, 3.05) is 6.54 Å². The Morgan fingerprint density at radius 3 is 2.95 bits per heavy atom. The molecule has 19 heavy (non-hydrogen) atoms. The molecule has 5 heteroatoms. The number of hydrogen-bond acceptors (Lipinski definition) is 3. The highest BCUT2D eigenvalue weighted by Crippen LogP contribution is 2.14. The second-order valence-corrected chi connectivity index (χ2v) is 5.18. The van der Waals surface area contributed by atoms with Crippen molar-refractivity contribution in [1.82, 2.24) is 20.4 Å². The van der Waals surface area contributed by atoms with Gasteiger partial charge in [-0.1, -0.05) is 13.8 Å². The fraction of sp³-hybridized carbons (Fsp3) is 0.714. The van der Waals surface area contributed by atoms with E-state index < -0.39 is 0 Å². The molecule has 2 heterocycles. The molecule has 2 rings (SSSR count). The molecule has 0 saturated carbocycles. The summed E-state index contributed by atoms with van der Waals surface area (Å²) >= 11 is 0. The summed E-state index contributed by atoms with van der Waals surface area (Å²) in [5.41, 5.74) is 1.07. The summed E-state index contributed by atoms with van der Waals surface area (Å²) in [7, 11) is 0. The van der Waals surface area contributed by atoms with Gasteiger partial charge in [-0.2, -0.15) is 5.10 Å². The molecule has 2 N–H and O–H groups in total. The van der Waals surface area contributed by atoms with Gasteiger partial charge < -0.3 is 10.6 Å². The predicted molar refractivity (Wildman–Crippen MR) is 74.7 cm³/mol. The van der Waals surface area contributed by atoms with Crippen LogP contribution in [0, 0.1) is 0 Å². The zero-order valence-electron chi connectivity index (χ0n) is 11.9. The first-order valence-electron chi connectivity index (χ1n) is 7.27. The van der Waals surface area contributed by atoms with Crippen molar-refractivity contribution in [1.29, 1.82) is 0 Å². The highest BCUT2D eigenvalue weighted by molar-refractivity contribution is 5.76. The molecule has 5 nitrogen and oxygen atoms in total. The van der Waals surface area contributed by atoms with Crippen LogP contribution in [0.4, 0.5) is 0 Å². The van der Waals surface area contributed by atoms with E-state index in [4.69, 9.17) is 0 Å². The van der Waals surface area contributed by atoms with E-state index in [2.05, 4.69) is 46.5 Å². The Morgan fingerprint density at radius 1 is 1.53 bits per heavy atom. The highest BCUT2D eigenvalue weighted by Gasteiger charge is 2.17. The van der Waals surface area contributed by atoms with Gasteiger partial charge in [0.15, 0.2) is 0 Å². The molecule has 1 aromatic rings. The van der Waals surface area contributed by atoms with E-state index >= 15 is 0 Å². The van der Waals surface area contributed by atoms with Gasteiger partial charge in [-0.25, -0.2) is 0 Å². The number of rotatable bonds is 6. The van der Waals surface area contributed by atoms with Crippen LogP contribution in [0.1, 0.15) is 51.3 Å². The third-order valence-corrected chi connectivity index (χ3v) is 3.82. The summed E-state index contributed by atoms with van der Waals surface area (Å²) < 4.78 is 2.07.